The Kier molecular flexibility index (Phi) is 8.23. The summed E-state index contributed by atoms with van der Waals surface area (Å²) in [4.78, 5) is 62.9. The minimum Gasteiger partial charge on any atom is -0.487 e. The molecule has 12 nitrogen and oxygen atoms in total. The number of benzene rings is 2. The number of oxazole rings is 1. The van der Waals surface area contributed by atoms with Crippen LogP contribution < -0.4 is 15.8 Å². The Hall–Kier alpha value is -4.71. The second-order valence-electron chi connectivity index (χ2n) is 11.2. The molecule has 0 bridgehead atoms. The van der Waals surface area contributed by atoms with E-state index in [2.05, 4.69) is 10.3 Å². The minimum absolute atomic E-state index is 0.130. The summed E-state index contributed by atoms with van der Waals surface area (Å²) in [6.07, 6.45) is 2.36. The number of halogens is 1. The van der Waals surface area contributed by atoms with Gasteiger partial charge in [-0.15, -0.1) is 0 Å². The van der Waals surface area contributed by atoms with Gasteiger partial charge in [0.05, 0.1) is 24.2 Å². The normalized spacial score (nSPS) is 18.7. The van der Waals surface area contributed by atoms with E-state index < -0.39 is 41.8 Å². The first kappa shape index (κ1) is 29.8. The van der Waals surface area contributed by atoms with E-state index >= 15 is 0 Å². The Bertz CT molecular complexity index is 1580. The number of aromatic nitrogens is 1. The van der Waals surface area contributed by atoms with Crippen molar-refractivity contribution in [1.82, 2.24) is 20.1 Å². The first-order chi connectivity index (χ1) is 20.4. The summed E-state index contributed by atoms with van der Waals surface area (Å²) < 4.78 is 12.0. The maximum Gasteiger partial charge on any atom is 0.326 e. The van der Waals surface area contributed by atoms with Crippen LogP contribution in [0, 0.1) is 0 Å². The summed E-state index contributed by atoms with van der Waals surface area (Å²) in [5.41, 5.74) is 5.90. The molecular weight excluding hydrogens is 576 g/mol. The summed E-state index contributed by atoms with van der Waals surface area (Å²) in [7, 11) is 0. The van der Waals surface area contributed by atoms with Gasteiger partial charge in [0.1, 0.15) is 29.8 Å². The maximum absolute atomic E-state index is 14.4. The fourth-order valence-electron chi connectivity index (χ4n) is 5.04. The van der Waals surface area contributed by atoms with Crippen LogP contribution in [0.5, 0.6) is 5.75 Å². The standard InChI is InChI=1S/C30H31ClN6O6/c1-30(2,3)43-22-12-18(21(38)13-24(32)39)6-9-20(22)28-35-26(23-14-33-16-42-23)27(17-4-7-19(31)8-5-17)37(28)29(41)36-11-10-34-25(40)15-36/h4-9,12,14,16,26-27H,10-11,13,15H2,1-3H3,(H2,32,39)(H,34,40). The number of hydrogen-bond acceptors (Lipinski definition) is 8. The lowest BCUT2D eigenvalue weighted by molar-refractivity contribution is -0.123. The number of Topliss-reactive ketones (excluding diaryl/α,β-unsaturated/α-hetero) is 1. The molecule has 0 radical (unpaired) electrons. The van der Waals surface area contributed by atoms with E-state index in [4.69, 9.17) is 31.5 Å². The van der Waals surface area contributed by atoms with Crippen molar-refractivity contribution >= 4 is 41.1 Å². The molecule has 5 rings (SSSR count). The van der Waals surface area contributed by atoms with Crippen molar-refractivity contribution in [2.75, 3.05) is 19.6 Å². The van der Waals surface area contributed by atoms with Gasteiger partial charge in [0.25, 0.3) is 0 Å². The molecular formula is C30H31ClN6O6. The van der Waals surface area contributed by atoms with E-state index in [-0.39, 0.29) is 29.6 Å². The molecule has 3 heterocycles. The van der Waals surface area contributed by atoms with Crippen molar-refractivity contribution in [3.63, 3.8) is 0 Å². The largest absolute Gasteiger partial charge is 0.487 e. The van der Waals surface area contributed by atoms with Crippen LogP contribution in [0.2, 0.25) is 5.02 Å². The van der Waals surface area contributed by atoms with Gasteiger partial charge in [-0.3, -0.25) is 24.3 Å². The number of carbonyl (C=O) groups excluding carboxylic acids is 4. The highest BCUT2D eigenvalue weighted by Gasteiger charge is 2.46. The lowest BCUT2D eigenvalue weighted by atomic mass is 9.97. The lowest BCUT2D eigenvalue weighted by Crippen LogP contribution is -2.55. The number of urea groups is 1. The van der Waals surface area contributed by atoms with Crippen LogP contribution in [0.15, 0.2) is 64.5 Å². The maximum atomic E-state index is 14.4. The number of ketones is 1. The summed E-state index contributed by atoms with van der Waals surface area (Å²) in [5.74, 6) is -0.584. The molecule has 13 heteroatoms. The van der Waals surface area contributed by atoms with Crippen LogP contribution in [-0.4, -0.2) is 69.5 Å². The third-order valence-corrected chi connectivity index (χ3v) is 7.08. The van der Waals surface area contributed by atoms with Crippen LogP contribution in [0.25, 0.3) is 0 Å². The Balaban J connectivity index is 1.69. The zero-order valence-electron chi connectivity index (χ0n) is 23.9. The molecule has 2 aliphatic rings. The minimum atomic E-state index is -0.754. The van der Waals surface area contributed by atoms with E-state index in [1.54, 1.807) is 30.3 Å². The number of primary amides is 1. The predicted molar refractivity (Wildman–Crippen MR) is 157 cm³/mol. The topological polar surface area (TPSA) is 160 Å². The molecule has 1 saturated heterocycles. The van der Waals surface area contributed by atoms with Gasteiger partial charge in [-0.2, -0.15) is 0 Å². The fraction of sp³-hybridized carbons (Fsp3) is 0.333. The molecule has 1 aromatic heterocycles. The Morgan fingerprint density at radius 3 is 2.53 bits per heavy atom. The zero-order chi connectivity index (χ0) is 30.9. The molecule has 1 fully saturated rings. The van der Waals surface area contributed by atoms with Crippen LogP contribution in [-0.2, 0) is 9.59 Å². The highest BCUT2D eigenvalue weighted by molar-refractivity contribution is 6.30. The number of piperazine rings is 1. The van der Waals surface area contributed by atoms with E-state index in [1.165, 1.54) is 34.5 Å². The van der Waals surface area contributed by atoms with Gasteiger partial charge in [0, 0.05) is 23.7 Å². The number of nitrogens with one attached hydrogen (secondary N) is 1. The summed E-state index contributed by atoms with van der Waals surface area (Å²) in [6.45, 7) is 5.99. The molecule has 0 spiro atoms. The number of ether oxygens (including phenoxy) is 1. The average Bonchev–Trinajstić information content (AvgIpc) is 3.60. The molecule has 2 aromatic carbocycles. The predicted octanol–water partition coefficient (Wildman–Crippen LogP) is 3.66. The van der Waals surface area contributed by atoms with Gasteiger partial charge in [-0.1, -0.05) is 29.8 Å². The lowest BCUT2D eigenvalue weighted by Gasteiger charge is -2.35. The van der Waals surface area contributed by atoms with Crippen molar-refractivity contribution in [1.29, 1.82) is 0 Å². The fourth-order valence-corrected chi connectivity index (χ4v) is 5.16. The quantitative estimate of drug-likeness (QED) is 0.306. The Morgan fingerprint density at radius 2 is 1.91 bits per heavy atom. The first-order valence-electron chi connectivity index (χ1n) is 13.6. The summed E-state index contributed by atoms with van der Waals surface area (Å²) in [6, 6.07) is 9.83. The van der Waals surface area contributed by atoms with E-state index in [0.717, 1.165) is 0 Å². The molecule has 2 aliphatic heterocycles. The summed E-state index contributed by atoms with van der Waals surface area (Å²) >= 11 is 6.21. The van der Waals surface area contributed by atoms with Gasteiger partial charge in [0.15, 0.2) is 17.9 Å². The smallest absolute Gasteiger partial charge is 0.326 e. The summed E-state index contributed by atoms with van der Waals surface area (Å²) in [5, 5.41) is 3.26. The molecule has 0 aliphatic carbocycles. The van der Waals surface area contributed by atoms with Gasteiger partial charge in [-0.05, 0) is 50.6 Å². The van der Waals surface area contributed by atoms with Gasteiger partial charge < -0.3 is 25.1 Å². The van der Waals surface area contributed by atoms with E-state index in [0.29, 0.717) is 35.0 Å². The number of hydrogen-bond donors (Lipinski definition) is 2. The SMILES string of the molecule is CC(C)(C)Oc1cc(C(=O)CC(N)=O)ccc1C1=NC(c2cnco2)C(c2ccc(Cl)cc2)N1C(=O)N1CCNC(=O)C1. The number of amidine groups is 1. The first-order valence-corrected chi connectivity index (χ1v) is 14.0. The molecule has 2 unspecified atom stereocenters. The van der Waals surface area contributed by atoms with Crippen molar-refractivity contribution in [3.05, 3.63) is 82.5 Å². The second-order valence-corrected chi connectivity index (χ2v) is 11.6. The van der Waals surface area contributed by atoms with Crippen molar-refractivity contribution in [2.24, 2.45) is 10.7 Å². The van der Waals surface area contributed by atoms with Crippen LogP contribution in [0.1, 0.15) is 66.5 Å². The Labute approximate surface area is 252 Å². The molecule has 224 valence electrons. The third kappa shape index (κ3) is 6.54. The highest BCUT2D eigenvalue weighted by Crippen LogP contribution is 2.45. The zero-order valence-corrected chi connectivity index (χ0v) is 24.6. The molecule has 43 heavy (non-hydrogen) atoms. The number of nitrogens with two attached hydrogens (primary N) is 1. The number of nitrogens with zero attached hydrogens (tertiary/aromatic N) is 4. The number of carbonyl (C=O) groups is 4. The van der Waals surface area contributed by atoms with Gasteiger partial charge in [0.2, 0.25) is 11.8 Å². The van der Waals surface area contributed by atoms with Crippen LogP contribution in [0.3, 0.4) is 0 Å². The van der Waals surface area contributed by atoms with E-state index in [9.17, 15) is 19.2 Å². The molecule has 4 amide bonds. The van der Waals surface area contributed by atoms with E-state index in [1.807, 2.05) is 20.8 Å². The van der Waals surface area contributed by atoms with Crippen LogP contribution >= 0.6 is 11.6 Å². The molecule has 2 atom stereocenters. The second kappa shape index (κ2) is 11.9. The molecule has 3 N–H and O–H groups in total. The van der Waals surface area contributed by atoms with Gasteiger partial charge >= 0.3 is 6.03 Å². The number of rotatable bonds is 7. The molecule has 0 saturated carbocycles. The number of aliphatic imine (C=N–C) groups is 1. The van der Waals surface area contributed by atoms with Crippen LogP contribution in [0.4, 0.5) is 4.79 Å². The monoisotopic (exact) mass is 606 g/mol. The third-order valence-electron chi connectivity index (χ3n) is 6.83. The highest BCUT2D eigenvalue weighted by atomic mass is 35.5. The van der Waals surface area contributed by atoms with Gasteiger partial charge in [-0.25, -0.2) is 9.78 Å². The molecule has 3 aromatic rings. The van der Waals surface area contributed by atoms with Crippen molar-refractivity contribution in [3.8, 4) is 5.75 Å². The number of amides is 4. The average molecular weight is 607 g/mol. The van der Waals surface area contributed by atoms with Crippen molar-refractivity contribution < 1.29 is 28.3 Å². The Morgan fingerprint density at radius 1 is 1.16 bits per heavy atom. The van der Waals surface area contributed by atoms with Crippen molar-refractivity contribution in [2.45, 2.75) is 44.9 Å².